The summed E-state index contributed by atoms with van der Waals surface area (Å²) >= 11 is 3.58. The van der Waals surface area contributed by atoms with Crippen LogP contribution >= 0.6 is 15.9 Å². The fourth-order valence-corrected chi connectivity index (χ4v) is 4.78. The standard InChI is InChI=1S/C21H21BrN2O2/c1-23-18(12-14-8-4-3-5-9-14)19(25)24(2)21(20(23)26)13-16(21)15-10-6-7-11-17(15)22/h3-11,16,18H,12-13H2,1-2H3. The number of piperazine rings is 1. The zero-order valence-corrected chi connectivity index (χ0v) is 16.4. The number of hydrogen-bond acceptors (Lipinski definition) is 2. The monoisotopic (exact) mass is 412 g/mol. The third-order valence-electron chi connectivity index (χ3n) is 5.86. The van der Waals surface area contributed by atoms with E-state index in [-0.39, 0.29) is 17.7 Å². The molecule has 0 bridgehead atoms. The summed E-state index contributed by atoms with van der Waals surface area (Å²) in [6.07, 6.45) is 1.22. The van der Waals surface area contributed by atoms with Crippen LogP contribution < -0.4 is 0 Å². The van der Waals surface area contributed by atoms with E-state index in [1.54, 1.807) is 23.9 Å². The minimum Gasteiger partial charge on any atom is -0.331 e. The van der Waals surface area contributed by atoms with Crippen LogP contribution in [0.4, 0.5) is 0 Å². The Bertz CT molecular complexity index is 869. The Labute approximate surface area is 161 Å². The highest BCUT2D eigenvalue weighted by Gasteiger charge is 2.69. The number of benzene rings is 2. The Balaban J connectivity index is 1.63. The first-order valence-corrected chi connectivity index (χ1v) is 9.59. The molecule has 2 aliphatic rings. The number of likely N-dealkylation sites (N-methyl/N-ethyl adjacent to an activating group) is 2. The predicted octanol–water partition coefficient (Wildman–Crippen LogP) is 3.22. The molecule has 2 amide bonds. The van der Waals surface area contributed by atoms with Crippen molar-refractivity contribution in [3.05, 3.63) is 70.2 Å². The van der Waals surface area contributed by atoms with E-state index < -0.39 is 11.6 Å². The van der Waals surface area contributed by atoms with E-state index in [4.69, 9.17) is 0 Å². The van der Waals surface area contributed by atoms with Crippen LogP contribution in [-0.4, -0.2) is 47.3 Å². The van der Waals surface area contributed by atoms with Gasteiger partial charge in [-0.2, -0.15) is 0 Å². The van der Waals surface area contributed by atoms with Gasteiger partial charge in [-0.05, 0) is 23.6 Å². The van der Waals surface area contributed by atoms with Gasteiger partial charge < -0.3 is 9.80 Å². The average Bonchev–Trinajstić information content (AvgIpc) is 3.40. The third-order valence-corrected chi connectivity index (χ3v) is 6.58. The van der Waals surface area contributed by atoms with Gasteiger partial charge in [0, 0.05) is 30.9 Å². The fourth-order valence-electron chi connectivity index (χ4n) is 4.22. The number of carbonyl (C=O) groups excluding carboxylic acids is 2. The second-order valence-electron chi connectivity index (χ2n) is 7.22. The van der Waals surface area contributed by atoms with Gasteiger partial charge in [0.2, 0.25) is 11.8 Å². The molecule has 1 spiro atoms. The average molecular weight is 413 g/mol. The van der Waals surface area contributed by atoms with Crippen molar-refractivity contribution in [2.24, 2.45) is 0 Å². The molecular formula is C21H21BrN2O2. The molecule has 26 heavy (non-hydrogen) atoms. The largest absolute Gasteiger partial charge is 0.331 e. The highest BCUT2D eigenvalue weighted by molar-refractivity contribution is 9.10. The summed E-state index contributed by atoms with van der Waals surface area (Å²) in [6.45, 7) is 0. The van der Waals surface area contributed by atoms with Gasteiger partial charge >= 0.3 is 0 Å². The molecule has 1 heterocycles. The van der Waals surface area contributed by atoms with Crippen LogP contribution in [0.15, 0.2) is 59.1 Å². The SMILES string of the molecule is CN1C(=O)C2(CC2c2ccccc2Br)N(C)C(=O)C1Cc1ccccc1. The maximum atomic E-state index is 13.3. The van der Waals surface area contributed by atoms with Crippen LogP contribution in [0.5, 0.6) is 0 Å². The van der Waals surface area contributed by atoms with E-state index in [1.165, 1.54) is 0 Å². The summed E-state index contributed by atoms with van der Waals surface area (Å²) < 4.78 is 0.990. The van der Waals surface area contributed by atoms with Gasteiger partial charge in [-0.3, -0.25) is 9.59 Å². The second kappa shape index (κ2) is 6.23. The van der Waals surface area contributed by atoms with Crippen molar-refractivity contribution >= 4 is 27.7 Å². The molecule has 4 rings (SSSR count). The van der Waals surface area contributed by atoms with E-state index in [1.807, 2.05) is 54.6 Å². The number of rotatable bonds is 3. The number of amides is 2. The normalized spacial score (nSPS) is 28.0. The second-order valence-corrected chi connectivity index (χ2v) is 8.08. The number of hydrogen-bond donors (Lipinski definition) is 0. The molecule has 1 aliphatic heterocycles. The highest BCUT2D eigenvalue weighted by Crippen LogP contribution is 2.58. The molecule has 4 nitrogen and oxygen atoms in total. The van der Waals surface area contributed by atoms with Gasteiger partial charge in [0.15, 0.2) is 0 Å². The van der Waals surface area contributed by atoms with Gasteiger partial charge in [-0.15, -0.1) is 0 Å². The number of carbonyl (C=O) groups is 2. The van der Waals surface area contributed by atoms with Crippen LogP contribution in [0.3, 0.4) is 0 Å². The molecule has 0 radical (unpaired) electrons. The zero-order valence-electron chi connectivity index (χ0n) is 14.9. The van der Waals surface area contributed by atoms with Gasteiger partial charge in [0.05, 0.1) is 0 Å². The number of halogens is 1. The van der Waals surface area contributed by atoms with Crippen molar-refractivity contribution in [3.63, 3.8) is 0 Å². The molecule has 1 saturated carbocycles. The van der Waals surface area contributed by atoms with Crippen molar-refractivity contribution in [1.82, 2.24) is 9.80 Å². The van der Waals surface area contributed by atoms with Crippen molar-refractivity contribution in [3.8, 4) is 0 Å². The maximum absolute atomic E-state index is 13.3. The Morgan fingerprint density at radius 3 is 2.38 bits per heavy atom. The topological polar surface area (TPSA) is 40.6 Å². The van der Waals surface area contributed by atoms with Crippen molar-refractivity contribution in [2.45, 2.75) is 30.3 Å². The number of nitrogens with zero attached hydrogens (tertiary/aromatic N) is 2. The lowest BCUT2D eigenvalue weighted by atomic mass is 9.95. The molecule has 134 valence electrons. The lowest BCUT2D eigenvalue weighted by molar-refractivity contribution is -0.160. The zero-order chi connectivity index (χ0) is 18.5. The molecular weight excluding hydrogens is 392 g/mol. The summed E-state index contributed by atoms with van der Waals surface area (Å²) in [4.78, 5) is 29.8. The Kier molecular flexibility index (Phi) is 4.14. The van der Waals surface area contributed by atoms with Crippen molar-refractivity contribution in [2.75, 3.05) is 14.1 Å². The van der Waals surface area contributed by atoms with E-state index in [9.17, 15) is 9.59 Å². The molecule has 2 aromatic rings. The maximum Gasteiger partial charge on any atom is 0.249 e. The molecule has 2 aromatic carbocycles. The lowest BCUT2D eigenvalue weighted by Gasteiger charge is -2.43. The summed E-state index contributed by atoms with van der Waals surface area (Å²) in [5.41, 5.74) is 1.42. The first-order valence-electron chi connectivity index (χ1n) is 8.80. The van der Waals surface area contributed by atoms with E-state index >= 15 is 0 Å². The van der Waals surface area contributed by atoms with Crippen LogP contribution in [0.2, 0.25) is 0 Å². The third kappa shape index (κ3) is 2.49. The quantitative estimate of drug-likeness (QED) is 0.776. The van der Waals surface area contributed by atoms with Crippen LogP contribution in [0.1, 0.15) is 23.5 Å². The van der Waals surface area contributed by atoms with Gasteiger partial charge in [0.25, 0.3) is 0 Å². The molecule has 1 aliphatic carbocycles. The molecule has 0 N–H and O–H groups in total. The minimum atomic E-state index is -0.733. The van der Waals surface area contributed by atoms with Gasteiger partial charge in [-0.1, -0.05) is 64.5 Å². The molecule has 0 aromatic heterocycles. The first kappa shape index (κ1) is 17.3. The van der Waals surface area contributed by atoms with Gasteiger partial charge in [-0.25, -0.2) is 0 Å². The first-order chi connectivity index (χ1) is 12.5. The smallest absolute Gasteiger partial charge is 0.249 e. The van der Waals surface area contributed by atoms with Gasteiger partial charge in [0.1, 0.15) is 11.6 Å². The summed E-state index contributed by atoms with van der Waals surface area (Å²) in [6, 6.07) is 17.4. The van der Waals surface area contributed by atoms with Crippen molar-refractivity contribution < 1.29 is 9.59 Å². The Morgan fingerprint density at radius 2 is 1.69 bits per heavy atom. The van der Waals surface area contributed by atoms with E-state index in [2.05, 4.69) is 15.9 Å². The lowest BCUT2D eigenvalue weighted by Crippen LogP contribution is -2.65. The molecule has 2 fully saturated rings. The molecule has 3 unspecified atom stereocenters. The summed E-state index contributed by atoms with van der Waals surface area (Å²) in [5, 5.41) is 0. The fraction of sp³-hybridized carbons (Fsp3) is 0.333. The molecule has 5 heteroatoms. The Hall–Kier alpha value is -2.14. The van der Waals surface area contributed by atoms with Crippen LogP contribution in [-0.2, 0) is 16.0 Å². The van der Waals surface area contributed by atoms with Crippen LogP contribution in [0, 0.1) is 0 Å². The van der Waals surface area contributed by atoms with Crippen LogP contribution in [0.25, 0.3) is 0 Å². The van der Waals surface area contributed by atoms with Crippen molar-refractivity contribution in [1.29, 1.82) is 0 Å². The predicted molar refractivity (Wildman–Crippen MR) is 104 cm³/mol. The Morgan fingerprint density at radius 1 is 1.04 bits per heavy atom. The summed E-state index contributed by atoms with van der Waals surface area (Å²) in [5.74, 6) is 0.103. The highest BCUT2D eigenvalue weighted by atomic mass is 79.9. The van der Waals surface area contributed by atoms with E-state index in [0.717, 1.165) is 15.6 Å². The summed E-state index contributed by atoms with van der Waals surface area (Å²) in [7, 11) is 3.54. The molecule has 1 saturated heterocycles. The van der Waals surface area contributed by atoms with E-state index in [0.29, 0.717) is 12.8 Å². The minimum absolute atomic E-state index is 0.0190. The molecule has 3 atom stereocenters.